The van der Waals surface area contributed by atoms with E-state index in [0.717, 1.165) is 24.0 Å². The zero-order valence-corrected chi connectivity index (χ0v) is 13.3. The average Bonchev–Trinajstić information content (AvgIpc) is 2.60. The Morgan fingerprint density at radius 2 is 1.95 bits per heavy atom. The molecule has 0 amide bonds. The summed E-state index contributed by atoms with van der Waals surface area (Å²) in [7, 11) is 3.62. The maximum Gasteiger partial charge on any atom is 0.216 e. The number of aryl methyl sites for hydroxylation is 2. The minimum atomic E-state index is 0.531. The maximum absolute atomic E-state index is 5.40. The van der Waals surface area contributed by atoms with Crippen molar-refractivity contribution in [1.29, 1.82) is 0 Å². The minimum Gasteiger partial charge on any atom is -0.481 e. The van der Waals surface area contributed by atoms with E-state index in [1.165, 1.54) is 24.8 Å². The van der Waals surface area contributed by atoms with Crippen LogP contribution >= 0.6 is 0 Å². The summed E-state index contributed by atoms with van der Waals surface area (Å²) < 4.78 is 7.20. The van der Waals surface area contributed by atoms with Gasteiger partial charge in [0, 0.05) is 19.6 Å². The van der Waals surface area contributed by atoms with Crippen LogP contribution in [0.15, 0.2) is 0 Å². The largest absolute Gasteiger partial charge is 0.481 e. The van der Waals surface area contributed by atoms with Gasteiger partial charge in [-0.3, -0.25) is 0 Å². The highest BCUT2D eigenvalue weighted by Gasteiger charge is 2.14. The van der Waals surface area contributed by atoms with E-state index in [1.807, 2.05) is 14.0 Å². The Labute approximate surface area is 117 Å². The predicted molar refractivity (Wildman–Crippen MR) is 79.5 cm³/mol. The summed E-state index contributed by atoms with van der Waals surface area (Å²) >= 11 is 0. The van der Waals surface area contributed by atoms with Gasteiger partial charge in [0.15, 0.2) is 0 Å². The van der Waals surface area contributed by atoms with Crippen LogP contribution in [0, 0.1) is 12.8 Å². The standard InChI is InChI=1S/C15H29N3O/c1-11(2)8-7-9-12(3)16-10-14-13(4)17-18(5)15(14)19-6/h11-12,16H,7-10H2,1-6H3. The molecule has 1 aromatic heterocycles. The molecule has 1 N–H and O–H groups in total. The molecule has 4 nitrogen and oxygen atoms in total. The van der Waals surface area contributed by atoms with Crippen LogP contribution in [-0.4, -0.2) is 22.9 Å². The Balaban J connectivity index is 2.43. The maximum atomic E-state index is 5.40. The van der Waals surface area contributed by atoms with Gasteiger partial charge < -0.3 is 10.1 Å². The minimum absolute atomic E-state index is 0.531. The third-order valence-electron chi connectivity index (χ3n) is 3.53. The molecule has 19 heavy (non-hydrogen) atoms. The van der Waals surface area contributed by atoms with Crippen LogP contribution in [0.4, 0.5) is 0 Å². The van der Waals surface area contributed by atoms with Crippen LogP contribution < -0.4 is 10.1 Å². The number of nitrogens with zero attached hydrogens (tertiary/aromatic N) is 2. The van der Waals surface area contributed by atoms with Crippen LogP contribution in [0.3, 0.4) is 0 Å². The Morgan fingerprint density at radius 1 is 1.26 bits per heavy atom. The quantitative estimate of drug-likeness (QED) is 0.787. The van der Waals surface area contributed by atoms with Gasteiger partial charge in [0.1, 0.15) is 0 Å². The van der Waals surface area contributed by atoms with Gasteiger partial charge in [0.05, 0.1) is 18.4 Å². The Hall–Kier alpha value is -1.03. The fraction of sp³-hybridized carbons (Fsp3) is 0.800. The van der Waals surface area contributed by atoms with Crippen molar-refractivity contribution in [3.8, 4) is 5.88 Å². The van der Waals surface area contributed by atoms with Crippen molar-refractivity contribution in [1.82, 2.24) is 15.1 Å². The SMILES string of the molecule is COc1c(CNC(C)CCCC(C)C)c(C)nn1C. The van der Waals surface area contributed by atoms with E-state index < -0.39 is 0 Å². The third kappa shape index (κ3) is 4.86. The summed E-state index contributed by atoms with van der Waals surface area (Å²) in [6.07, 6.45) is 3.82. The Bertz CT molecular complexity index is 385. The Kier molecular flexibility index (Phi) is 6.35. The van der Waals surface area contributed by atoms with Crippen molar-refractivity contribution < 1.29 is 4.74 Å². The van der Waals surface area contributed by atoms with E-state index in [4.69, 9.17) is 4.74 Å². The van der Waals surface area contributed by atoms with Gasteiger partial charge in [-0.2, -0.15) is 5.10 Å². The molecule has 4 heteroatoms. The lowest BCUT2D eigenvalue weighted by atomic mass is 10.0. The van der Waals surface area contributed by atoms with Crippen molar-refractivity contribution in [2.75, 3.05) is 7.11 Å². The molecule has 1 aromatic rings. The molecule has 1 heterocycles. The number of ether oxygens (including phenoxy) is 1. The normalized spacial score (nSPS) is 13.0. The molecule has 0 aliphatic heterocycles. The second kappa shape index (κ2) is 7.53. The molecule has 0 bridgehead atoms. The fourth-order valence-corrected chi connectivity index (χ4v) is 2.35. The first-order chi connectivity index (χ1) is 8.95. The highest BCUT2D eigenvalue weighted by Crippen LogP contribution is 2.20. The molecule has 0 saturated carbocycles. The smallest absolute Gasteiger partial charge is 0.216 e. The van der Waals surface area contributed by atoms with Crippen molar-refractivity contribution in [2.24, 2.45) is 13.0 Å². The lowest BCUT2D eigenvalue weighted by Crippen LogP contribution is -2.25. The summed E-state index contributed by atoms with van der Waals surface area (Å²) in [5.41, 5.74) is 2.21. The molecule has 0 fully saturated rings. The van der Waals surface area contributed by atoms with Gasteiger partial charge in [0.2, 0.25) is 5.88 Å². The van der Waals surface area contributed by atoms with Gasteiger partial charge in [-0.05, 0) is 26.2 Å². The van der Waals surface area contributed by atoms with E-state index in [2.05, 4.69) is 31.2 Å². The van der Waals surface area contributed by atoms with Gasteiger partial charge in [-0.15, -0.1) is 0 Å². The van der Waals surface area contributed by atoms with E-state index >= 15 is 0 Å². The first-order valence-electron chi connectivity index (χ1n) is 7.25. The molecule has 0 aromatic carbocycles. The fourth-order valence-electron chi connectivity index (χ4n) is 2.35. The molecule has 0 radical (unpaired) electrons. The van der Waals surface area contributed by atoms with E-state index in [1.54, 1.807) is 11.8 Å². The molecule has 1 rings (SSSR count). The first-order valence-corrected chi connectivity index (χ1v) is 7.25. The van der Waals surface area contributed by atoms with E-state index in [9.17, 15) is 0 Å². The lowest BCUT2D eigenvalue weighted by molar-refractivity contribution is 0.366. The summed E-state index contributed by atoms with van der Waals surface area (Å²) in [6.45, 7) is 9.66. The lowest BCUT2D eigenvalue weighted by Gasteiger charge is -2.15. The van der Waals surface area contributed by atoms with E-state index in [0.29, 0.717) is 6.04 Å². The molecule has 0 saturated heterocycles. The van der Waals surface area contributed by atoms with Crippen molar-refractivity contribution in [2.45, 2.75) is 59.5 Å². The number of methoxy groups -OCH3 is 1. The number of hydrogen-bond acceptors (Lipinski definition) is 3. The van der Waals surface area contributed by atoms with Crippen LogP contribution in [0.2, 0.25) is 0 Å². The molecule has 1 atom stereocenters. The van der Waals surface area contributed by atoms with Gasteiger partial charge >= 0.3 is 0 Å². The highest BCUT2D eigenvalue weighted by atomic mass is 16.5. The molecular formula is C15H29N3O. The number of nitrogens with one attached hydrogen (secondary N) is 1. The van der Waals surface area contributed by atoms with Crippen molar-refractivity contribution in [3.63, 3.8) is 0 Å². The van der Waals surface area contributed by atoms with Gasteiger partial charge in [-0.25, -0.2) is 4.68 Å². The second-order valence-corrected chi connectivity index (χ2v) is 5.80. The average molecular weight is 267 g/mol. The van der Waals surface area contributed by atoms with Gasteiger partial charge in [0.25, 0.3) is 0 Å². The van der Waals surface area contributed by atoms with Crippen molar-refractivity contribution >= 4 is 0 Å². The number of hydrogen-bond donors (Lipinski definition) is 1. The molecular weight excluding hydrogens is 238 g/mol. The zero-order chi connectivity index (χ0) is 14.4. The molecule has 110 valence electrons. The number of aromatic nitrogens is 2. The molecule has 1 unspecified atom stereocenters. The zero-order valence-electron chi connectivity index (χ0n) is 13.3. The van der Waals surface area contributed by atoms with Crippen LogP contribution in [0.1, 0.15) is 51.3 Å². The van der Waals surface area contributed by atoms with Crippen LogP contribution in [0.5, 0.6) is 5.88 Å². The van der Waals surface area contributed by atoms with E-state index in [-0.39, 0.29) is 0 Å². The van der Waals surface area contributed by atoms with Gasteiger partial charge in [-0.1, -0.05) is 26.7 Å². The molecule has 0 aliphatic carbocycles. The first kappa shape index (κ1) is 16.0. The summed E-state index contributed by atoms with van der Waals surface area (Å²) in [6, 6.07) is 0.531. The molecule has 0 aliphatic rings. The highest BCUT2D eigenvalue weighted by molar-refractivity contribution is 5.30. The summed E-state index contributed by atoms with van der Waals surface area (Å²) in [5, 5.41) is 7.97. The Morgan fingerprint density at radius 3 is 2.53 bits per heavy atom. The third-order valence-corrected chi connectivity index (χ3v) is 3.53. The summed E-state index contributed by atoms with van der Waals surface area (Å²) in [4.78, 5) is 0. The van der Waals surface area contributed by atoms with Crippen LogP contribution in [-0.2, 0) is 13.6 Å². The monoisotopic (exact) mass is 267 g/mol. The topological polar surface area (TPSA) is 39.1 Å². The number of rotatable bonds is 8. The second-order valence-electron chi connectivity index (χ2n) is 5.80. The molecule has 0 spiro atoms. The van der Waals surface area contributed by atoms with Crippen molar-refractivity contribution in [3.05, 3.63) is 11.3 Å². The van der Waals surface area contributed by atoms with Crippen LogP contribution in [0.25, 0.3) is 0 Å². The summed E-state index contributed by atoms with van der Waals surface area (Å²) in [5.74, 6) is 1.66. The predicted octanol–water partition coefficient (Wildman–Crippen LogP) is 3.04.